The fraction of sp³-hybridized carbons (Fsp3) is 0.360. The first-order valence-electron chi connectivity index (χ1n) is 11.0. The van der Waals surface area contributed by atoms with Crippen molar-refractivity contribution in [2.45, 2.75) is 37.7 Å². The van der Waals surface area contributed by atoms with Crippen LogP contribution in [-0.4, -0.2) is 38.9 Å². The van der Waals surface area contributed by atoms with Crippen molar-refractivity contribution in [1.29, 1.82) is 0 Å². The predicted molar refractivity (Wildman–Crippen MR) is 123 cm³/mol. The molecule has 4 rings (SSSR count). The van der Waals surface area contributed by atoms with Crippen LogP contribution in [0, 0.1) is 11.8 Å². The number of nitrogens with zero attached hydrogens (tertiary/aromatic N) is 2. The predicted octanol–water partition coefficient (Wildman–Crippen LogP) is 4.51. The second-order valence-electron chi connectivity index (χ2n) is 8.58. The van der Waals surface area contributed by atoms with E-state index in [1.54, 1.807) is 12.1 Å². The highest BCUT2D eigenvalue weighted by molar-refractivity contribution is 6.30. The Kier molecular flexibility index (Phi) is 7.52. The number of benzene rings is 2. The molecule has 5 nitrogen and oxygen atoms in total. The fourth-order valence-electron chi connectivity index (χ4n) is 4.56. The summed E-state index contributed by atoms with van der Waals surface area (Å²) in [6, 6.07) is 14.0. The molecular weight excluding hydrogens is 467 g/mol. The minimum atomic E-state index is -4.45. The quantitative estimate of drug-likeness (QED) is 0.453. The SMILES string of the molecule is OC[C@@H]1[C@@H](Cc2ccnc(-c3cccc(C(F)(F)F)c3)n2)[C@H](NCc2ccc(Cl)cc2)C[C@H]1O. The highest BCUT2D eigenvalue weighted by Crippen LogP contribution is 2.35. The van der Waals surface area contributed by atoms with Crippen molar-refractivity contribution >= 4 is 11.6 Å². The van der Waals surface area contributed by atoms with Gasteiger partial charge in [0, 0.05) is 47.6 Å². The van der Waals surface area contributed by atoms with E-state index in [0.29, 0.717) is 30.1 Å². The Bertz CT molecular complexity index is 1110. The van der Waals surface area contributed by atoms with Crippen LogP contribution in [-0.2, 0) is 19.1 Å². The lowest BCUT2D eigenvalue weighted by molar-refractivity contribution is -0.137. The largest absolute Gasteiger partial charge is 0.416 e. The third kappa shape index (κ3) is 5.75. The van der Waals surface area contributed by atoms with E-state index in [4.69, 9.17) is 11.6 Å². The van der Waals surface area contributed by atoms with Gasteiger partial charge in [0.15, 0.2) is 5.82 Å². The van der Waals surface area contributed by atoms with E-state index in [1.807, 2.05) is 24.3 Å². The number of halogens is 4. The van der Waals surface area contributed by atoms with E-state index >= 15 is 0 Å². The molecule has 0 saturated heterocycles. The number of hydrogen-bond donors (Lipinski definition) is 3. The summed E-state index contributed by atoms with van der Waals surface area (Å²) in [5, 5.41) is 24.6. The van der Waals surface area contributed by atoms with Crippen LogP contribution in [0.4, 0.5) is 13.2 Å². The second kappa shape index (κ2) is 10.4. The smallest absolute Gasteiger partial charge is 0.396 e. The van der Waals surface area contributed by atoms with Gasteiger partial charge >= 0.3 is 6.18 Å². The van der Waals surface area contributed by atoms with E-state index in [0.717, 1.165) is 17.7 Å². The molecule has 1 aliphatic carbocycles. The monoisotopic (exact) mass is 491 g/mol. The number of hydrogen-bond acceptors (Lipinski definition) is 5. The molecule has 1 aromatic heterocycles. The molecule has 0 unspecified atom stereocenters. The van der Waals surface area contributed by atoms with Gasteiger partial charge in [-0.05, 0) is 54.7 Å². The highest BCUT2D eigenvalue weighted by atomic mass is 35.5. The minimum absolute atomic E-state index is 0.0743. The van der Waals surface area contributed by atoms with Crippen LogP contribution < -0.4 is 5.32 Å². The summed E-state index contributed by atoms with van der Waals surface area (Å²) in [6.07, 6.45) is -2.68. The molecule has 9 heteroatoms. The van der Waals surface area contributed by atoms with Gasteiger partial charge in [0.2, 0.25) is 0 Å². The summed E-state index contributed by atoms with van der Waals surface area (Å²) in [5.74, 6) is -0.250. The Balaban J connectivity index is 1.52. The number of aliphatic hydroxyl groups is 2. The molecule has 0 radical (unpaired) electrons. The first kappa shape index (κ1) is 24.6. The van der Waals surface area contributed by atoms with Gasteiger partial charge in [-0.1, -0.05) is 35.9 Å². The molecule has 0 amide bonds. The number of aromatic nitrogens is 2. The lowest BCUT2D eigenvalue weighted by atomic mass is 9.88. The van der Waals surface area contributed by atoms with Crippen LogP contribution in [0.3, 0.4) is 0 Å². The van der Waals surface area contributed by atoms with Gasteiger partial charge in [0.25, 0.3) is 0 Å². The Morgan fingerprint density at radius 2 is 1.82 bits per heavy atom. The summed E-state index contributed by atoms with van der Waals surface area (Å²) in [6.45, 7) is 0.402. The van der Waals surface area contributed by atoms with Gasteiger partial charge in [-0.15, -0.1) is 0 Å². The van der Waals surface area contributed by atoms with Crippen LogP contribution in [0.2, 0.25) is 5.02 Å². The lowest BCUT2D eigenvalue weighted by Crippen LogP contribution is -2.36. The number of rotatable bonds is 7. The summed E-state index contributed by atoms with van der Waals surface area (Å²) >= 11 is 5.95. The third-order valence-electron chi connectivity index (χ3n) is 6.36. The van der Waals surface area contributed by atoms with Crippen LogP contribution in [0.15, 0.2) is 60.8 Å². The topological polar surface area (TPSA) is 78.3 Å². The van der Waals surface area contributed by atoms with Crippen LogP contribution >= 0.6 is 11.6 Å². The minimum Gasteiger partial charge on any atom is -0.396 e. The second-order valence-corrected chi connectivity index (χ2v) is 9.02. The van der Waals surface area contributed by atoms with Gasteiger partial charge < -0.3 is 15.5 Å². The van der Waals surface area contributed by atoms with Gasteiger partial charge in [0.05, 0.1) is 11.7 Å². The Morgan fingerprint density at radius 3 is 2.53 bits per heavy atom. The average molecular weight is 492 g/mol. The Labute approximate surface area is 200 Å². The zero-order valence-corrected chi connectivity index (χ0v) is 19.0. The van der Waals surface area contributed by atoms with Crippen molar-refractivity contribution in [3.8, 4) is 11.4 Å². The van der Waals surface area contributed by atoms with Crippen molar-refractivity contribution in [2.75, 3.05) is 6.61 Å². The molecule has 1 saturated carbocycles. The van der Waals surface area contributed by atoms with E-state index < -0.39 is 17.8 Å². The van der Waals surface area contributed by atoms with Crippen molar-refractivity contribution < 1.29 is 23.4 Å². The number of alkyl halides is 3. The summed E-state index contributed by atoms with van der Waals surface area (Å²) in [5.41, 5.74) is 1.20. The number of aliphatic hydroxyl groups excluding tert-OH is 2. The van der Waals surface area contributed by atoms with E-state index in [-0.39, 0.29) is 35.9 Å². The van der Waals surface area contributed by atoms with Crippen LogP contribution in [0.5, 0.6) is 0 Å². The highest BCUT2D eigenvalue weighted by Gasteiger charge is 2.42. The Hall–Kier alpha value is -2.52. The van der Waals surface area contributed by atoms with Crippen molar-refractivity contribution in [2.24, 2.45) is 11.8 Å². The molecule has 1 fully saturated rings. The van der Waals surface area contributed by atoms with Gasteiger partial charge in [-0.25, -0.2) is 9.97 Å². The van der Waals surface area contributed by atoms with Crippen molar-refractivity contribution in [3.05, 3.63) is 82.6 Å². The van der Waals surface area contributed by atoms with E-state index in [1.165, 1.54) is 12.3 Å². The molecular formula is C25H25ClF3N3O2. The van der Waals surface area contributed by atoms with Gasteiger partial charge in [-0.2, -0.15) is 13.2 Å². The van der Waals surface area contributed by atoms with Crippen LogP contribution in [0.1, 0.15) is 23.2 Å². The molecule has 180 valence electrons. The molecule has 4 atom stereocenters. The average Bonchev–Trinajstić information content (AvgIpc) is 3.12. The van der Waals surface area contributed by atoms with Gasteiger partial charge in [-0.3, -0.25) is 0 Å². The van der Waals surface area contributed by atoms with Gasteiger partial charge in [0.1, 0.15) is 0 Å². The van der Waals surface area contributed by atoms with Crippen LogP contribution in [0.25, 0.3) is 11.4 Å². The molecule has 1 heterocycles. The maximum absolute atomic E-state index is 13.1. The van der Waals surface area contributed by atoms with Crippen molar-refractivity contribution in [3.63, 3.8) is 0 Å². The molecule has 3 aromatic rings. The molecule has 34 heavy (non-hydrogen) atoms. The van der Waals surface area contributed by atoms with Crippen molar-refractivity contribution in [1.82, 2.24) is 15.3 Å². The van der Waals surface area contributed by atoms with E-state index in [2.05, 4.69) is 15.3 Å². The first-order chi connectivity index (χ1) is 16.2. The standard InChI is InChI=1S/C25H25ClF3N3O2/c26-18-6-4-15(5-7-18)13-31-22-12-23(34)21(14-33)20(22)11-19-8-9-30-24(32-19)16-2-1-3-17(10-16)25(27,28)29/h1-10,20-23,31,33-34H,11-14H2/t20-,21-,22-,23-/m1/s1. The normalized spacial score (nSPS) is 22.8. The molecule has 0 aliphatic heterocycles. The van der Waals surface area contributed by atoms with E-state index in [9.17, 15) is 23.4 Å². The zero-order chi connectivity index (χ0) is 24.3. The molecule has 3 N–H and O–H groups in total. The zero-order valence-electron chi connectivity index (χ0n) is 18.2. The Morgan fingerprint density at radius 1 is 1.06 bits per heavy atom. The third-order valence-corrected chi connectivity index (χ3v) is 6.61. The molecule has 1 aliphatic rings. The summed E-state index contributed by atoms with van der Waals surface area (Å²) < 4.78 is 39.3. The first-order valence-corrected chi connectivity index (χ1v) is 11.4. The maximum atomic E-state index is 13.1. The maximum Gasteiger partial charge on any atom is 0.416 e. The molecule has 2 aromatic carbocycles. The summed E-state index contributed by atoms with van der Waals surface area (Å²) in [4.78, 5) is 8.66. The molecule has 0 bridgehead atoms. The molecule has 0 spiro atoms. The fourth-order valence-corrected chi connectivity index (χ4v) is 4.68. The lowest BCUT2D eigenvalue weighted by Gasteiger charge is -2.25. The summed E-state index contributed by atoms with van der Waals surface area (Å²) in [7, 11) is 0. The number of nitrogens with one attached hydrogen (secondary N) is 1.